The van der Waals surface area contributed by atoms with E-state index in [2.05, 4.69) is 17.4 Å². The number of carbonyl (C=O) groups is 2. The van der Waals surface area contributed by atoms with Crippen molar-refractivity contribution in [1.29, 1.82) is 0 Å². The molecule has 0 saturated heterocycles. The molecule has 1 amide bonds. The number of nitrogens with zero attached hydrogens (tertiary/aromatic N) is 2. The number of hydrogen-bond acceptors (Lipinski definition) is 4. The summed E-state index contributed by atoms with van der Waals surface area (Å²) in [5.41, 5.74) is 2.49. The SMILES string of the molecule is CCc1csc(CC(=O)C2C(=O)N(c3ccccc3)N=C2C)c1. The molecule has 5 heteroatoms. The highest BCUT2D eigenvalue weighted by molar-refractivity contribution is 7.10. The van der Waals surface area contributed by atoms with Crippen LogP contribution in [0.4, 0.5) is 5.69 Å². The van der Waals surface area contributed by atoms with Gasteiger partial charge in [-0.15, -0.1) is 11.3 Å². The molecule has 0 fully saturated rings. The lowest BCUT2D eigenvalue weighted by molar-refractivity contribution is -0.128. The molecule has 1 aliphatic rings. The van der Waals surface area contributed by atoms with Crippen LogP contribution < -0.4 is 5.01 Å². The minimum atomic E-state index is -0.762. The van der Waals surface area contributed by atoms with Crippen molar-refractivity contribution < 1.29 is 9.59 Å². The molecule has 0 N–H and O–H groups in total. The minimum Gasteiger partial charge on any atom is -0.298 e. The van der Waals surface area contributed by atoms with Crippen LogP contribution in [0.15, 0.2) is 46.9 Å². The summed E-state index contributed by atoms with van der Waals surface area (Å²) in [5, 5.41) is 7.69. The Bertz CT molecular complexity index is 764. The third kappa shape index (κ3) is 3.10. The number of para-hydroxylation sites is 1. The number of thiophene rings is 1. The number of carbonyl (C=O) groups excluding carboxylic acids is 2. The molecular formula is C18H18N2O2S. The van der Waals surface area contributed by atoms with Gasteiger partial charge in [-0.3, -0.25) is 9.59 Å². The molecule has 1 aromatic carbocycles. The van der Waals surface area contributed by atoms with Crippen molar-refractivity contribution in [1.82, 2.24) is 0 Å². The van der Waals surface area contributed by atoms with Crippen molar-refractivity contribution in [2.45, 2.75) is 26.7 Å². The van der Waals surface area contributed by atoms with E-state index in [0.29, 0.717) is 11.4 Å². The molecule has 23 heavy (non-hydrogen) atoms. The zero-order valence-corrected chi connectivity index (χ0v) is 14.0. The molecule has 2 aromatic rings. The van der Waals surface area contributed by atoms with Gasteiger partial charge in [-0.2, -0.15) is 10.1 Å². The molecule has 0 bridgehead atoms. The summed E-state index contributed by atoms with van der Waals surface area (Å²) in [5.74, 6) is -1.10. The third-order valence-corrected chi connectivity index (χ3v) is 4.90. The molecule has 1 unspecified atom stereocenters. The lowest BCUT2D eigenvalue weighted by atomic mass is 9.96. The number of anilines is 1. The highest BCUT2D eigenvalue weighted by atomic mass is 32.1. The fourth-order valence-corrected chi connectivity index (χ4v) is 3.65. The fraction of sp³-hybridized carbons (Fsp3) is 0.278. The van der Waals surface area contributed by atoms with E-state index >= 15 is 0 Å². The van der Waals surface area contributed by atoms with Crippen molar-refractivity contribution in [3.63, 3.8) is 0 Å². The summed E-state index contributed by atoms with van der Waals surface area (Å²) < 4.78 is 0. The zero-order valence-electron chi connectivity index (χ0n) is 13.2. The van der Waals surface area contributed by atoms with Crippen LogP contribution in [0.2, 0.25) is 0 Å². The predicted octanol–water partition coefficient (Wildman–Crippen LogP) is 3.46. The van der Waals surface area contributed by atoms with Gasteiger partial charge in [-0.1, -0.05) is 25.1 Å². The molecular weight excluding hydrogens is 308 g/mol. The van der Waals surface area contributed by atoms with Gasteiger partial charge in [0.1, 0.15) is 5.92 Å². The summed E-state index contributed by atoms with van der Waals surface area (Å²) in [6, 6.07) is 11.2. The van der Waals surface area contributed by atoms with Crippen LogP contribution in [0, 0.1) is 5.92 Å². The van der Waals surface area contributed by atoms with Crippen molar-refractivity contribution in [3.8, 4) is 0 Å². The maximum atomic E-state index is 12.6. The summed E-state index contributed by atoms with van der Waals surface area (Å²) in [6.07, 6.45) is 1.24. The first kappa shape index (κ1) is 15.6. The molecule has 1 aliphatic heterocycles. The third-order valence-electron chi connectivity index (χ3n) is 3.92. The van der Waals surface area contributed by atoms with E-state index in [-0.39, 0.29) is 18.1 Å². The number of amides is 1. The van der Waals surface area contributed by atoms with Gasteiger partial charge in [-0.05, 0) is 42.5 Å². The maximum Gasteiger partial charge on any atom is 0.263 e. The Kier molecular flexibility index (Phi) is 4.39. The second-order valence-corrected chi connectivity index (χ2v) is 6.57. The molecule has 2 heterocycles. The van der Waals surface area contributed by atoms with Gasteiger partial charge in [0.15, 0.2) is 5.78 Å². The van der Waals surface area contributed by atoms with Crippen molar-refractivity contribution in [2.75, 3.05) is 5.01 Å². The first-order valence-corrected chi connectivity index (χ1v) is 8.51. The number of hydrazone groups is 1. The predicted molar refractivity (Wildman–Crippen MR) is 92.9 cm³/mol. The van der Waals surface area contributed by atoms with Crippen molar-refractivity contribution >= 4 is 34.4 Å². The lowest BCUT2D eigenvalue weighted by Gasteiger charge is -2.13. The average Bonchev–Trinajstić information content (AvgIpc) is 3.12. The van der Waals surface area contributed by atoms with Crippen LogP contribution in [0.25, 0.3) is 0 Å². The summed E-state index contributed by atoms with van der Waals surface area (Å²) >= 11 is 1.58. The Morgan fingerprint density at radius 2 is 2.04 bits per heavy atom. The monoisotopic (exact) mass is 326 g/mol. The Morgan fingerprint density at radius 1 is 1.30 bits per heavy atom. The first-order valence-electron chi connectivity index (χ1n) is 7.63. The molecule has 0 radical (unpaired) electrons. The highest BCUT2D eigenvalue weighted by Crippen LogP contribution is 2.26. The van der Waals surface area contributed by atoms with E-state index in [1.807, 2.05) is 36.4 Å². The Balaban J connectivity index is 1.77. The number of aryl methyl sites for hydroxylation is 1. The van der Waals surface area contributed by atoms with E-state index in [1.54, 1.807) is 18.3 Å². The second-order valence-electron chi connectivity index (χ2n) is 5.58. The normalized spacial score (nSPS) is 17.5. The van der Waals surface area contributed by atoms with Gasteiger partial charge in [0.2, 0.25) is 0 Å². The molecule has 1 aromatic heterocycles. The molecule has 0 spiro atoms. The van der Waals surface area contributed by atoms with Gasteiger partial charge in [0.05, 0.1) is 11.4 Å². The smallest absolute Gasteiger partial charge is 0.263 e. The molecule has 0 saturated carbocycles. The van der Waals surface area contributed by atoms with E-state index in [4.69, 9.17) is 0 Å². The van der Waals surface area contributed by atoms with Gasteiger partial charge in [-0.25, -0.2) is 0 Å². The highest BCUT2D eigenvalue weighted by Gasteiger charge is 2.39. The van der Waals surface area contributed by atoms with Crippen LogP contribution in [0.1, 0.15) is 24.3 Å². The van der Waals surface area contributed by atoms with Crippen molar-refractivity contribution in [2.24, 2.45) is 11.0 Å². The number of hydrogen-bond donors (Lipinski definition) is 0. The summed E-state index contributed by atoms with van der Waals surface area (Å²) in [4.78, 5) is 26.2. The van der Waals surface area contributed by atoms with Crippen molar-refractivity contribution in [3.05, 3.63) is 52.2 Å². The fourth-order valence-electron chi connectivity index (χ4n) is 2.67. The maximum absolute atomic E-state index is 12.6. The second kappa shape index (κ2) is 6.46. The van der Waals surface area contributed by atoms with E-state index in [0.717, 1.165) is 11.3 Å². The van der Waals surface area contributed by atoms with Gasteiger partial charge < -0.3 is 0 Å². The largest absolute Gasteiger partial charge is 0.298 e. The van der Waals surface area contributed by atoms with Crippen LogP contribution in [-0.2, 0) is 22.4 Å². The summed E-state index contributed by atoms with van der Waals surface area (Å²) in [7, 11) is 0. The Hall–Kier alpha value is -2.27. The minimum absolute atomic E-state index is 0.0841. The van der Waals surface area contributed by atoms with E-state index in [1.165, 1.54) is 10.6 Å². The van der Waals surface area contributed by atoms with Gasteiger partial charge in [0, 0.05) is 11.3 Å². The van der Waals surface area contributed by atoms with Crippen LogP contribution in [0.5, 0.6) is 0 Å². The molecule has 0 aliphatic carbocycles. The molecule has 118 valence electrons. The number of Topliss-reactive ketones (excluding diaryl/α,β-unsaturated/α-hetero) is 1. The number of benzene rings is 1. The standard InChI is InChI=1S/C18H18N2O2S/c1-3-13-9-15(23-11-13)10-16(21)17-12(2)19-20(18(17)22)14-7-5-4-6-8-14/h4-9,11,17H,3,10H2,1-2H3. The Morgan fingerprint density at radius 3 is 2.70 bits per heavy atom. The number of ketones is 1. The zero-order chi connectivity index (χ0) is 16.4. The van der Waals surface area contributed by atoms with E-state index in [9.17, 15) is 9.59 Å². The van der Waals surface area contributed by atoms with Crippen LogP contribution in [-0.4, -0.2) is 17.4 Å². The van der Waals surface area contributed by atoms with Gasteiger partial charge >= 0.3 is 0 Å². The topological polar surface area (TPSA) is 49.7 Å². The van der Waals surface area contributed by atoms with Crippen LogP contribution in [0.3, 0.4) is 0 Å². The first-order chi connectivity index (χ1) is 11.1. The quantitative estimate of drug-likeness (QED) is 0.790. The van der Waals surface area contributed by atoms with Crippen LogP contribution >= 0.6 is 11.3 Å². The van der Waals surface area contributed by atoms with Gasteiger partial charge in [0.25, 0.3) is 5.91 Å². The van der Waals surface area contributed by atoms with E-state index < -0.39 is 5.92 Å². The summed E-state index contributed by atoms with van der Waals surface area (Å²) in [6.45, 7) is 3.83. The number of rotatable bonds is 5. The Labute approximate surface area is 139 Å². The molecule has 1 atom stereocenters. The average molecular weight is 326 g/mol. The molecule has 3 rings (SSSR count). The molecule has 4 nitrogen and oxygen atoms in total. The lowest BCUT2D eigenvalue weighted by Crippen LogP contribution is -2.33.